The summed E-state index contributed by atoms with van der Waals surface area (Å²) in [5, 5.41) is 2.70. The monoisotopic (exact) mass is 386 g/mol. The van der Waals surface area contributed by atoms with Crippen molar-refractivity contribution >= 4 is 23.4 Å². The van der Waals surface area contributed by atoms with E-state index in [1.54, 1.807) is 25.3 Å². The van der Waals surface area contributed by atoms with Crippen molar-refractivity contribution in [2.75, 3.05) is 36.0 Å². The molecule has 7 nitrogen and oxygen atoms in total. The van der Waals surface area contributed by atoms with E-state index in [1.807, 2.05) is 4.90 Å². The van der Waals surface area contributed by atoms with Gasteiger partial charge in [-0.3, -0.25) is 9.69 Å². The summed E-state index contributed by atoms with van der Waals surface area (Å²) in [6.07, 6.45) is 2.40. The summed E-state index contributed by atoms with van der Waals surface area (Å²) >= 11 is 0. The van der Waals surface area contributed by atoms with Crippen LogP contribution in [0.25, 0.3) is 4.85 Å². The number of nitrogens with one attached hydrogen (secondary N) is 1. The number of halogens is 1. The minimum atomic E-state index is -0.546. The maximum absolute atomic E-state index is 14.7. The van der Waals surface area contributed by atoms with Crippen LogP contribution in [0, 0.1) is 12.4 Å². The number of rotatable bonds is 5. The van der Waals surface area contributed by atoms with Gasteiger partial charge in [-0.25, -0.2) is 14.0 Å². The van der Waals surface area contributed by atoms with E-state index >= 15 is 0 Å². The second-order valence-electron chi connectivity index (χ2n) is 6.81. The highest BCUT2D eigenvalue weighted by atomic mass is 19.1. The molecule has 1 atom stereocenters. The van der Waals surface area contributed by atoms with Crippen LogP contribution in [0.5, 0.6) is 0 Å². The highest BCUT2D eigenvalue weighted by molar-refractivity contribution is 5.90. The van der Waals surface area contributed by atoms with Crippen molar-refractivity contribution in [1.82, 2.24) is 5.32 Å². The third kappa shape index (κ3) is 4.42. The SMILES string of the molecule is [C-]#[N+]C=C1CCN(c2ccc(N3C[C@H](CNC(=O)CC)OC3=O)cc2F)CC1. The second-order valence-corrected chi connectivity index (χ2v) is 6.81. The van der Waals surface area contributed by atoms with E-state index in [0.29, 0.717) is 30.9 Å². The highest BCUT2D eigenvalue weighted by Gasteiger charge is 2.33. The fraction of sp³-hybridized carbons (Fsp3) is 0.450. The first kappa shape index (κ1) is 19.7. The number of carbonyl (C=O) groups excluding carboxylic acids is 2. The van der Waals surface area contributed by atoms with E-state index < -0.39 is 18.0 Å². The molecule has 0 bridgehead atoms. The molecule has 2 aliphatic rings. The van der Waals surface area contributed by atoms with Gasteiger partial charge >= 0.3 is 6.09 Å². The lowest BCUT2D eigenvalue weighted by atomic mass is 10.0. The third-order valence-electron chi connectivity index (χ3n) is 4.96. The number of anilines is 2. The minimum Gasteiger partial charge on any atom is -0.442 e. The normalized spacial score (nSPS) is 19.2. The van der Waals surface area contributed by atoms with Crippen LogP contribution in [0.4, 0.5) is 20.6 Å². The van der Waals surface area contributed by atoms with Gasteiger partial charge in [0.15, 0.2) is 6.20 Å². The van der Waals surface area contributed by atoms with Gasteiger partial charge in [0.1, 0.15) is 11.9 Å². The van der Waals surface area contributed by atoms with E-state index in [9.17, 15) is 14.0 Å². The Balaban J connectivity index is 1.64. The van der Waals surface area contributed by atoms with Crippen molar-refractivity contribution in [2.45, 2.75) is 32.3 Å². The predicted octanol–water partition coefficient (Wildman–Crippen LogP) is 3.08. The van der Waals surface area contributed by atoms with Gasteiger partial charge in [-0.05, 0) is 31.0 Å². The Bertz CT molecular complexity index is 823. The van der Waals surface area contributed by atoms with Crippen molar-refractivity contribution in [3.05, 3.63) is 47.2 Å². The van der Waals surface area contributed by atoms with E-state index in [2.05, 4.69) is 10.2 Å². The van der Waals surface area contributed by atoms with E-state index in [0.717, 1.165) is 18.4 Å². The molecule has 8 heteroatoms. The van der Waals surface area contributed by atoms with Gasteiger partial charge in [0.05, 0.1) is 31.0 Å². The van der Waals surface area contributed by atoms with Gasteiger partial charge in [0.2, 0.25) is 5.91 Å². The number of nitrogens with zero attached hydrogens (tertiary/aromatic N) is 3. The molecular weight excluding hydrogens is 363 g/mol. The summed E-state index contributed by atoms with van der Waals surface area (Å²) in [7, 11) is 0. The molecule has 28 heavy (non-hydrogen) atoms. The van der Waals surface area contributed by atoms with Crippen LogP contribution in [0.15, 0.2) is 30.0 Å². The lowest BCUT2D eigenvalue weighted by molar-refractivity contribution is -0.121. The molecular formula is C20H23FN4O3. The molecule has 2 aliphatic heterocycles. The topological polar surface area (TPSA) is 66.2 Å². The molecule has 0 aliphatic carbocycles. The Morgan fingerprint density at radius 1 is 1.43 bits per heavy atom. The molecule has 0 aromatic heterocycles. The number of ether oxygens (including phenoxy) is 1. The predicted molar refractivity (Wildman–Crippen MR) is 103 cm³/mol. The Morgan fingerprint density at radius 2 is 2.18 bits per heavy atom. The first-order valence-corrected chi connectivity index (χ1v) is 9.35. The number of carbonyl (C=O) groups is 2. The van der Waals surface area contributed by atoms with E-state index in [-0.39, 0.29) is 19.0 Å². The number of benzene rings is 1. The zero-order valence-electron chi connectivity index (χ0n) is 15.8. The van der Waals surface area contributed by atoms with Crippen molar-refractivity contribution in [1.29, 1.82) is 0 Å². The number of piperidine rings is 1. The molecule has 1 aromatic carbocycles. The van der Waals surface area contributed by atoms with Crippen LogP contribution in [-0.2, 0) is 9.53 Å². The van der Waals surface area contributed by atoms with Crippen molar-refractivity contribution in [3.8, 4) is 0 Å². The molecule has 148 valence electrons. The van der Waals surface area contributed by atoms with Gasteiger partial charge in [0, 0.05) is 19.5 Å². The number of hydrogen-bond donors (Lipinski definition) is 1. The number of cyclic esters (lactones) is 1. The van der Waals surface area contributed by atoms with Crippen LogP contribution in [-0.4, -0.2) is 44.3 Å². The molecule has 2 fully saturated rings. The Kier molecular flexibility index (Phi) is 6.14. The molecule has 2 heterocycles. The highest BCUT2D eigenvalue weighted by Crippen LogP contribution is 2.30. The van der Waals surface area contributed by atoms with Gasteiger partial charge in [-0.1, -0.05) is 12.5 Å². The summed E-state index contributed by atoms with van der Waals surface area (Å²) in [6, 6.07) is 4.72. The smallest absolute Gasteiger partial charge is 0.414 e. The Morgan fingerprint density at radius 3 is 2.82 bits per heavy atom. The average Bonchev–Trinajstić information content (AvgIpc) is 3.07. The zero-order valence-corrected chi connectivity index (χ0v) is 15.8. The van der Waals surface area contributed by atoms with Crippen LogP contribution in [0.2, 0.25) is 0 Å². The molecule has 2 saturated heterocycles. The lowest BCUT2D eigenvalue weighted by Gasteiger charge is -2.31. The minimum absolute atomic E-state index is 0.110. The molecule has 0 radical (unpaired) electrons. The molecule has 0 unspecified atom stereocenters. The maximum Gasteiger partial charge on any atom is 0.414 e. The fourth-order valence-electron chi connectivity index (χ4n) is 3.37. The van der Waals surface area contributed by atoms with E-state index in [1.165, 1.54) is 11.0 Å². The van der Waals surface area contributed by atoms with Crippen LogP contribution in [0.3, 0.4) is 0 Å². The van der Waals surface area contributed by atoms with Gasteiger partial charge in [0.25, 0.3) is 0 Å². The molecule has 3 rings (SSSR count). The first-order valence-electron chi connectivity index (χ1n) is 9.35. The number of amides is 2. The summed E-state index contributed by atoms with van der Waals surface area (Å²) in [6.45, 7) is 10.4. The molecule has 2 amide bonds. The largest absolute Gasteiger partial charge is 0.442 e. The van der Waals surface area contributed by atoms with Gasteiger partial charge < -0.3 is 15.0 Å². The maximum atomic E-state index is 14.7. The molecule has 0 spiro atoms. The Labute approximate surface area is 163 Å². The van der Waals surface area contributed by atoms with Crippen LogP contribution in [0.1, 0.15) is 26.2 Å². The van der Waals surface area contributed by atoms with E-state index in [4.69, 9.17) is 11.3 Å². The second kappa shape index (κ2) is 8.74. The fourth-order valence-corrected chi connectivity index (χ4v) is 3.37. The summed E-state index contributed by atoms with van der Waals surface area (Å²) < 4.78 is 20.0. The lowest BCUT2D eigenvalue weighted by Crippen LogP contribution is -2.34. The Hall–Kier alpha value is -3.08. The van der Waals surface area contributed by atoms with Gasteiger partial charge in [-0.2, -0.15) is 0 Å². The van der Waals surface area contributed by atoms with Crippen molar-refractivity contribution in [2.24, 2.45) is 0 Å². The zero-order chi connectivity index (χ0) is 20.1. The average molecular weight is 386 g/mol. The van der Waals surface area contributed by atoms with Crippen LogP contribution >= 0.6 is 0 Å². The standard InChI is InChI=1S/C20H23FN4O3/c1-3-19(26)23-12-16-13-25(20(27)28-16)15-4-5-18(17(21)10-15)24-8-6-14(7-9-24)11-22-2/h4-5,10-11,16H,3,6-9,12-13H2,1H3,(H,23,26)/t16-/m0/s1. The molecule has 0 saturated carbocycles. The van der Waals surface area contributed by atoms with Crippen LogP contribution < -0.4 is 15.1 Å². The third-order valence-corrected chi connectivity index (χ3v) is 4.96. The van der Waals surface area contributed by atoms with Gasteiger partial charge in [-0.15, -0.1) is 0 Å². The summed E-state index contributed by atoms with van der Waals surface area (Å²) in [5.74, 6) is -0.508. The summed E-state index contributed by atoms with van der Waals surface area (Å²) in [4.78, 5) is 30.1. The quantitative estimate of drug-likeness (QED) is 0.790. The van der Waals surface area contributed by atoms with Crippen molar-refractivity contribution < 1.29 is 18.7 Å². The molecule has 1 N–H and O–H groups in total. The summed E-state index contributed by atoms with van der Waals surface area (Å²) in [5.41, 5.74) is 2.01. The first-order chi connectivity index (χ1) is 13.5. The van der Waals surface area contributed by atoms with Crippen molar-refractivity contribution in [3.63, 3.8) is 0 Å². The molecule has 1 aromatic rings. The number of hydrogen-bond acceptors (Lipinski definition) is 4.